The fourth-order valence-corrected chi connectivity index (χ4v) is 2.52. The van der Waals surface area contributed by atoms with Gasteiger partial charge in [-0.25, -0.2) is 4.79 Å². The smallest absolute Gasteiger partial charge is 0.338 e. The maximum absolute atomic E-state index is 11.8. The van der Waals surface area contributed by atoms with Gasteiger partial charge in [0.15, 0.2) is 0 Å². The molecule has 0 atom stereocenters. The van der Waals surface area contributed by atoms with Gasteiger partial charge in [-0.3, -0.25) is 0 Å². The van der Waals surface area contributed by atoms with Crippen LogP contribution in [0.25, 0.3) is 10.4 Å². The highest BCUT2D eigenvalue weighted by atomic mass is 32.1. The molecule has 0 radical (unpaired) electrons. The van der Waals surface area contributed by atoms with Gasteiger partial charge in [0.1, 0.15) is 5.75 Å². The van der Waals surface area contributed by atoms with Gasteiger partial charge in [-0.2, -0.15) is 0 Å². The molecule has 0 fully saturated rings. The number of phenolic OH excluding ortho intramolecular Hbond substituents is 1. The fraction of sp³-hybridized carbons (Fsp3) is 0.154. The Morgan fingerprint density at radius 2 is 2.18 bits per heavy atom. The number of thiophene rings is 1. The minimum Gasteiger partial charge on any atom is -0.508 e. The summed E-state index contributed by atoms with van der Waals surface area (Å²) in [6.07, 6.45) is 0. The van der Waals surface area contributed by atoms with Crippen LogP contribution in [0.3, 0.4) is 0 Å². The number of rotatable bonds is 2. The fourth-order valence-electron chi connectivity index (χ4n) is 1.77. The van der Waals surface area contributed by atoms with Crippen LogP contribution in [0.2, 0.25) is 0 Å². The number of benzene rings is 1. The van der Waals surface area contributed by atoms with Gasteiger partial charge in [0.2, 0.25) is 0 Å². The highest BCUT2D eigenvalue weighted by Crippen LogP contribution is 2.33. The number of esters is 1. The molecule has 0 saturated carbocycles. The van der Waals surface area contributed by atoms with Crippen molar-refractivity contribution < 1.29 is 14.6 Å². The number of hydrogen-bond acceptors (Lipinski definition) is 4. The molecule has 0 aliphatic heterocycles. The Morgan fingerprint density at radius 1 is 1.41 bits per heavy atom. The van der Waals surface area contributed by atoms with E-state index in [1.807, 2.05) is 17.5 Å². The molecule has 1 aromatic carbocycles. The summed E-state index contributed by atoms with van der Waals surface area (Å²) in [5.74, 6) is -0.232. The number of ether oxygens (including phenoxy) is 1. The molecule has 0 unspecified atom stereocenters. The zero-order valence-electron chi connectivity index (χ0n) is 9.56. The Morgan fingerprint density at radius 3 is 2.76 bits per heavy atom. The molecule has 0 amide bonds. The van der Waals surface area contributed by atoms with Gasteiger partial charge < -0.3 is 9.84 Å². The predicted octanol–water partition coefficient (Wildman–Crippen LogP) is 3.22. The molecule has 0 bridgehead atoms. The first-order valence-electron chi connectivity index (χ1n) is 5.09. The largest absolute Gasteiger partial charge is 0.508 e. The van der Waals surface area contributed by atoms with E-state index in [2.05, 4.69) is 0 Å². The zero-order valence-corrected chi connectivity index (χ0v) is 10.4. The maximum Gasteiger partial charge on any atom is 0.338 e. The van der Waals surface area contributed by atoms with E-state index in [1.54, 1.807) is 19.1 Å². The van der Waals surface area contributed by atoms with E-state index in [4.69, 9.17) is 4.74 Å². The molecule has 2 aromatic rings. The molecular formula is C13H12O3S. The number of aromatic hydroxyl groups is 1. The van der Waals surface area contributed by atoms with E-state index in [1.165, 1.54) is 18.4 Å². The van der Waals surface area contributed by atoms with E-state index < -0.39 is 0 Å². The number of carbonyl (C=O) groups is 1. The molecule has 0 aliphatic rings. The highest BCUT2D eigenvalue weighted by Gasteiger charge is 2.17. The lowest BCUT2D eigenvalue weighted by Gasteiger charge is -2.10. The van der Waals surface area contributed by atoms with E-state index >= 15 is 0 Å². The van der Waals surface area contributed by atoms with Crippen LogP contribution in [-0.2, 0) is 4.74 Å². The van der Waals surface area contributed by atoms with E-state index in [0.717, 1.165) is 4.88 Å². The summed E-state index contributed by atoms with van der Waals surface area (Å²) >= 11 is 1.52. The molecule has 1 N–H and O–H groups in total. The molecule has 1 heterocycles. The van der Waals surface area contributed by atoms with Gasteiger partial charge >= 0.3 is 5.97 Å². The SMILES string of the molecule is COC(=O)c1c(C)cc(O)cc1-c1cccs1. The molecule has 88 valence electrons. The second-order valence-corrected chi connectivity index (χ2v) is 4.60. The lowest BCUT2D eigenvalue weighted by molar-refractivity contribution is 0.0601. The summed E-state index contributed by atoms with van der Waals surface area (Å²) in [6.45, 7) is 1.78. The second kappa shape index (κ2) is 4.59. The van der Waals surface area contributed by atoms with Crippen molar-refractivity contribution in [3.63, 3.8) is 0 Å². The topological polar surface area (TPSA) is 46.5 Å². The van der Waals surface area contributed by atoms with E-state index in [9.17, 15) is 9.90 Å². The van der Waals surface area contributed by atoms with Crippen molar-refractivity contribution >= 4 is 17.3 Å². The predicted molar refractivity (Wildman–Crippen MR) is 67.5 cm³/mol. The third-order valence-corrected chi connectivity index (χ3v) is 3.40. The zero-order chi connectivity index (χ0) is 12.4. The van der Waals surface area contributed by atoms with Crippen molar-refractivity contribution in [2.24, 2.45) is 0 Å². The molecule has 17 heavy (non-hydrogen) atoms. The van der Waals surface area contributed by atoms with Crippen molar-refractivity contribution in [3.8, 4) is 16.2 Å². The molecule has 0 aliphatic carbocycles. The van der Waals surface area contributed by atoms with Crippen LogP contribution in [0.1, 0.15) is 15.9 Å². The quantitative estimate of drug-likeness (QED) is 0.830. The molecule has 1 aromatic heterocycles. The third kappa shape index (κ3) is 2.17. The van der Waals surface area contributed by atoms with Crippen molar-refractivity contribution in [1.29, 1.82) is 0 Å². The molecular weight excluding hydrogens is 236 g/mol. The Balaban J connectivity index is 2.68. The van der Waals surface area contributed by atoms with Crippen molar-refractivity contribution in [1.82, 2.24) is 0 Å². The lowest BCUT2D eigenvalue weighted by atomic mass is 10.00. The molecule has 4 heteroatoms. The average molecular weight is 248 g/mol. The van der Waals surface area contributed by atoms with Crippen LogP contribution in [0, 0.1) is 6.92 Å². The van der Waals surface area contributed by atoms with Crippen molar-refractivity contribution in [2.75, 3.05) is 7.11 Å². The summed E-state index contributed by atoms with van der Waals surface area (Å²) < 4.78 is 4.78. The Labute approximate surface area is 103 Å². The lowest BCUT2D eigenvalue weighted by Crippen LogP contribution is -2.05. The normalized spacial score (nSPS) is 10.2. The van der Waals surface area contributed by atoms with Crippen LogP contribution in [0.4, 0.5) is 0 Å². The van der Waals surface area contributed by atoms with Gasteiger partial charge in [0.05, 0.1) is 12.7 Å². The first kappa shape index (κ1) is 11.7. The van der Waals surface area contributed by atoms with Gasteiger partial charge in [-0.05, 0) is 36.1 Å². The van der Waals surface area contributed by atoms with E-state index in [-0.39, 0.29) is 11.7 Å². The van der Waals surface area contributed by atoms with E-state index in [0.29, 0.717) is 16.7 Å². The number of hydrogen-bond donors (Lipinski definition) is 1. The molecule has 2 rings (SSSR count). The number of phenols is 1. The summed E-state index contributed by atoms with van der Waals surface area (Å²) in [7, 11) is 1.35. The van der Waals surface area contributed by atoms with Crippen LogP contribution in [0.15, 0.2) is 29.6 Å². The molecule has 0 saturated heterocycles. The number of carbonyl (C=O) groups excluding carboxylic acids is 1. The molecule has 0 spiro atoms. The van der Waals surface area contributed by atoms with Crippen LogP contribution < -0.4 is 0 Å². The minimum atomic E-state index is -0.383. The maximum atomic E-state index is 11.8. The average Bonchev–Trinajstić information content (AvgIpc) is 2.80. The summed E-state index contributed by atoms with van der Waals surface area (Å²) in [5.41, 5.74) is 1.93. The Bertz CT molecular complexity index is 544. The van der Waals surface area contributed by atoms with Gasteiger partial charge in [-0.1, -0.05) is 6.07 Å². The van der Waals surface area contributed by atoms with Crippen LogP contribution in [-0.4, -0.2) is 18.2 Å². The second-order valence-electron chi connectivity index (χ2n) is 3.65. The first-order chi connectivity index (χ1) is 8.13. The monoisotopic (exact) mass is 248 g/mol. The van der Waals surface area contributed by atoms with Crippen molar-refractivity contribution in [2.45, 2.75) is 6.92 Å². The summed E-state index contributed by atoms with van der Waals surface area (Å²) in [4.78, 5) is 12.7. The standard InChI is InChI=1S/C13H12O3S/c1-8-6-9(14)7-10(11-4-3-5-17-11)12(8)13(15)16-2/h3-7,14H,1-2H3. The van der Waals surface area contributed by atoms with Gasteiger partial charge in [-0.15, -0.1) is 11.3 Å². The van der Waals surface area contributed by atoms with Gasteiger partial charge in [0, 0.05) is 10.4 Å². The highest BCUT2D eigenvalue weighted by molar-refractivity contribution is 7.13. The third-order valence-electron chi connectivity index (χ3n) is 2.50. The van der Waals surface area contributed by atoms with Crippen LogP contribution >= 0.6 is 11.3 Å². The Kier molecular flexibility index (Phi) is 3.15. The minimum absolute atomic E-state index is 0.151. The van der Waals surface area contributed by atoms with Crippen LogP contribution in [0.5, 0.6) is 5.75 Å². The Hall–Kier alpha value is -1.81. The molecule has 3 nitrogen and oxygen atoms in total. The number of methoxy groups -OCH3 is 1. The van der Waals surface area contributed by atoms with Crippen molar-refractivity contribution in [3.05, 3.63) is 40.8 Å². The summed E-state index contributed by atoms with van der Waals surface area (Å²) in [6, 6.07) is 6.96. The van der Waals surface area contributed by atoms with Gasteiger partial charge in [0.25, 0.3) is 0 Å². The number of aryl methyl sites for hydroxylation is 1. The first-order valence-corrected chi connectivity index (χ1v) is 5.97. The summed E-state index contributed by atoms with van der Waals surface area (Å²) in [5, 5.41) is 11.6.